The molecule has 1 aromatic rings. The zero-order valence-electron chi connectivity index (χ0n) is 10.4. The monoisotopic (exact) mass is 307 g/mol. The molecule has 0 radical (unpaired) electrons. The lowest BCUT2D eigenvalue weighted by Gasteiger charge is -2.13. The maximum absolute atomic E-state index is 12.5. The van der Waals surface area contributed by atoms with Gasteiger partial charge in [0.15, 0.2) is 5.11 Å². The van der Waals surface area contributed by atoms with Crippen LogP contribution in [0.15, 0.2) is 24.3 Å². The molecule has 110 valence electrons. The van der Waals surface area contributed by atoms with Crippen LogP contribution in [-0.4, -0.2) is 17.8 Å². The predicted octanol–water partition coefficient (Wildman–Crippen LogP) is 2.65. The van der Waals surface area contributed by atoms with Crippen LogP contribution in [0.5, 0.6) is 0 Å². The molecule has 1 amide bonds. The van der Waals surface area contributed by atoms with Crippen molar-refractivity contribution >= 4 is 29.1 Å². The summed E-state index contributed by atoms with van der Waals surface area (Å²) in [7, 11) is 0. The van der Waals surface area contributed by atoms with Crippen LogP contribution in [0.4, 0.5) is 23.7 Å². The lowest BCUT2D eigenvalue weighted by atomic mass is 10.2. The zero-order valence-corrected chi connectivity index (χ0v) is 11.2. The lowest BCUT2D eigenvalue weighted by Crippen LogP contribution is -2.44. The van der Waals surface area contributed by atoms with Crippen LogP contribution in [0.3, 0.4) is 0 Å². The normalized spacial score (nSPS) is 10.6. The topological polar surface area (TPSA) is 62.4 Å². The zero-order chi connectivity index (χ0) is 15.2. The molecule has 1 rings (SSSR count). The van der Waals surface area contributed by atoms with E-state index in [2.05, 4.69) is 20.9 Å². The second kappa shape index (κ2) is 6.94. The van der Waals surface area contributed by atoms with Gasteiger partial charge in [0.25, 0.3) is 0 Å². The molecule has 0 aliphatic rings. The maximum Gasteiger partial charge on any atom is 0.425 e. The summed E-state index contributed by atoms with van der Waals surface area (Å²) in [6, 6.07) is 4.50. The van der Waals surface area contributed by atoms with Crippen LogP contribution in [0.2, 0.25) is 0 Å². The number of benzene rings is 1. The number of hydrogen-bond acceptors (Lipinski definition) is 3. The highest BCUT2D eigenvalue weighted by Crippen LogP contribution is 2.30. The Bertz CT molecular complexity index is 494. The number of carbonyl (C=O) groups excluding carboxylic acids is 1. The third kappa shape index (κ3) is 5.31. The van der Waals surface area contributed by atoms with Crippen LogP contribution in [-0.2, 0) is 10.9 Å². The molecule has 0 fully saturated rings. The third-order valence-electron chi connectivity index (χ3n) is 2.00. The molecule has 0 spiro atoms. The van der Waals surface area contributed by atoms with Crippen molar-refractivity contribution in [3.05, 3.63) is 29.8 Å². The molecule has 0 atom stereocenters. The number of ether oxygens (including phenoxy) is 1. The number of anilines is 1. The van der Waals surface area contributed by atoms with E-state index in [4.69, 9.17) is 12.2 Å². The van der Waals surface area contributed by atoms with E-state index in [1.807, 2.05) is 0 Å². The summed E-state index contributed by atoms with van der Waals surface area (Å²) in [5.74, 6) is 0. The third-order valence-corrected chi connectivity index (χ3v) is 2.21. The van der Waals surface area contributed by atoms with Gasteiger partial charge in [-0.2, -0.15) is 13.2 Å². The molecule has 0 aliphatic carbocycles. The first-order valence-corrected chi connectivity index (χ1v) is 5.90. The highest BCUT2D eigenvalue weighted by Gasteiger charge is 2.30. The minimum absolute atomic E-state index is 0.0719. The van der Waals surface area contributed by atoms with E-state index >= 15 is 0 Å². The average molecular weight is 307 g/mol. The number of thiocarbonyl (C=S) groups is 1. The summed E-state index contributed by atoms with van der Waals surface area (Å²) in [4.78, 5) is 11.0. The second-order valence-electron chi connectivity index (χ2n) is 3.50. The standard InChI is InChI=1S/C11H12F3N3O2S/c1-2-19-10(18)17-16-9(20)15-8-5-3-4-7(6-8)11(12,13)14/h3-6H,2H2,1H3,(H,17,18)(H2,15,16,20). The van der Waals surface area contributed by atoms with Gasteiger partial charge in [0, 0.05) is 5.69 Å². The van der Waals surface area contributed by atoms with E-state index in [9.17, 15) is 18.0 Å². The Hall–Kier alpha value is -2.03. The van der Waals surface area contributed by atoms with E-state index < -0.39 is 17.8 Å². The Morgan fingerprint density at radius 3 is 2.65 bits per heavy atom. The molecule has 0 aliphatic heterocycles. The molecule has 0 saturated heterocycles. The largest absolute Gasteiger partial charge is 0.449 e. The average Bonchev–Trinajstić information content (AvgIpc) is 2.36. The van der Waals surface area contributed by atoms with Crippen LogP contribution in [0, 0.1) is 0 Å². The van der Waals surface area contributed by atoms with Crippen molar-refractivity contribution in [2.45, 2.75) is 13.1 Å². The first-order valence-electron chi connectivity index (χ1n) is 5.50. The Balaban J connectivity index is 2.56. The molecular formula is C11H12F3N3O2S. The van der Waals surface area contributed by atoms with Crippen LogP contribution < -0.4 is 16.2 Å². The van der Waals surface area contributed by atoms with Crippen molar-refractivity contribution in [2.24, 2.45) is 0 Å². The second-order valence-corrected chi connectivity index (χ2v) is 3.91. The van der Waals surface area contributed by atoms with Crippen LogP contribution >= 0.6 is 12.2 Å². The first kappa shape index (κ1) is 16.0. The first-order chi connectivity index (χ1) is 9.32. The lowest BCUT2D eigenvalue weighted by molar-refractivity contribution is -0.137. The predicted molar refractivity (Wildman–Crippen MR) is 71.0 cm³/mol. The molecule has 0 heterocycles. The van der Waals surface area contributed by atoms with Crippen LogP contribution in [0.25, 0.3) is 0 Å². The fourth-order valence-corrected chi connectivity index (χ4v) is 1.38. The highest BCUT2D eigenvalue weighted by molar-refractivity contribution is 7.80. The van der Waals surface area contributed by atoms with Crippen molar-refractivity contribution < 1.29 is 22.7 Å². The molecule has 0 saturated carbocycles. The van der Waals surface area contributed by atoms with Gasteiger partial charge in [-0.3, -0.25) is 5.43 Å². The van der Waals surface area contributed by atoms with Gasteiger partial charge in [0.1, 0.15) is 0 Å². The van der Waals surface area contributed by atoms with Crippen molar-refractivity contribution in [1.82, 2.24) is 10.9 Å². The summed E-state index contributed by atoms with van der Waals surface area (Å²) in [5, 5.41) is 2.43. The van der Waals surface area contributed by atoms with Crippen LogP contribution in [0.1, 0.15) is 12.5 Å². The molecule has 3 N–H and O–H groups in total. The Kier molecular flexibility index (Phi) is 5.56. The number of amides is 1. The molecule has 20 heavy (non-hydrogen) atoms. The molecule has 1 aromatic carbocycles. The smallest absolute Gasteiger partial charge is 0.425 e. The van der Waals surface area contributed by atoms with Gasteiger partial charge < -0.3 is 10.1 Å². The Morgan fingerprint density at radius 2 is 2.05 bits per heavy atom. The maximum atomic E-state index is 12.5. The van der Waals surface area contributed by atoms with E-state index in [-0.39, 0.29) is 17.4 Å². The van der Waals surface area contributed by atoms with Crippen molar-refractivity contribution in [3.63, 3.8) is 0 Å². The Morgan fingerprint density at radius 1 is 1.35 bits per heavy atom. The van der Waals surface area contributed by atoms with Gasteiger partial charge in [-0.25, -0.2) is 10.2 Å². The van der Waals surface area contributed by atoms with E-state index in [0.29, 0.717) is 0 Å². The molecule has 0 unspecified atom stereocenters. The summed E-state index contributed by atoms with van der Waals surface area (Å²) in [5.41, 5.74) is 3.74. The van der Waals surface area contributed by atoms with Gasteiger partial charge in [-0.15, -0.1) is 0 Å². The number of carbonyl (C=O) groups is 1. The van der Waals surface area contributed by atoms with Gasteiger partial charge in [0.05, 0.1) is 12.2 Å². The van der Waals surface area contributed by atoms with Gasteiger partial charge in [0.2, 0.25) is 0 Å². The van der Waals surface area contributed by atoms with Crippen molar-refractivity contribution in [2.75, 3.05) is 11.9 Å². The summed E-state index contributed by atoms with van der Waals surface area (Å²) in [6.07, 6.45) is -5.18. The fourth-order valence-electron chi connectivity index (χ4n) is 1.21. The summed E-state index contributed by atoms with van der Waals surface area (Å²) in [6.45, 7) is 1.81. The molecule has 0 bridgehead atoms. The molecule has 0 aromatic heterocycles. The van der Waals surface area contributed by atoms with Crippen molar-refractivity contribution in [3.8, 4) is 0 Å². The van der Waals surface area contributed by atoms with E-state index in [0.717, 1.165) is 12.1 Å². The minimum atomic E-state index is -4.43. The fraction of sp³-hybridized carbons (Fsp3) is 0.273. The SMILES string of the molecule is CCOC(=O)NNC(=S)Nc1cccc(C(F)(F)F)c1. The van der Waals surface area contributed by atoms with E-state index in [1.165, 1.54) is 12.1 Å². The number of alkyl halides is 3. The highest BCUT2D eigenvalue weighted by atomic mass is 32.1. The quantitative estimate of drug-likeness (QED) is 0.579. The number of hydrazine groups is 1. The molecule has 9 heteroatoms. The number of nitrogens with one attached hydrogen (secondary N) is 3. The Labute approximate surface area is 118 Å². The molecular weight excluding hydrogens is 295 g/mol. The summed E-state index contributed by atoms with van der Waals surface area (Å²) >= 11 is 4.80. The molecule has 5 nitrogen and oxygen atoms in total. The van der Waals surface area contributed by atoms with E-state index in [1.54, 1.807) is 6.92 Å². The van der Waals surface area contributed by atoms with Gasteiger partial charge in [-0.05, 0) is 37.3 Å². The summed E-state index contributed by atoms with van der Waals surface area (Å²) < 4.78 is 42.0. The minimum Gasteiger partial charge on any atom is -0.449 e. The van der Waals surface area contributed by atoms with Gasteiger partial charge >= 0.3 is 12.3 Å². The number of halogens is 3. The van der Waals surface area contributed by atoms with Gasteiger partial charge in [-0.1, -0.05) is 6.07 Å². The number of rotatable bonds is 2. The van der Waals surface area contributed by atoms with Crippen molar-refractivity contribution in [1.29, 1.82) is 0 Å². The number of hydrogen-bond donors (Lipinski definition) is 3.